The Balaban J connectivity index is 1.21. The lowest BCUT2D eigenvalue weighted by Crippen LogP contribution is -2.54. The third-order valence-electron chi connectivity index (χ3n) is 9.94. The van der Waals surface area contributed by atoms with E-state index in [0.29, 0.717) is 50.0 Å². The summed E-state index contributed by atoms with van der Waals surface area (Å²) in [6, 6.07) is 10.1. The number of alkyl carbamates (subject to hydrolysis) is 1. The number of hydrogen-bond donors (Lipinski definition) is 4. The Labute approximate surface area is 315 Å². The van der Waals surface area contributed by atoms with Crippen molar-refractivity contribution in [2.24, 2.45) is 11.8 Å². The fourth-order valence-electron chi connectivity index (χ4n) is 6.89. The molecule has 2 aliphatic heterocycles. The minimum Gasteiger partial charge on any atom is -0.453 e. The topological polar surface area (TPSA) is 192 Å². The number of aromatic nitrogens is 2. The third kappa shape index (κ3) is 9.12. The predicted octanol–water partition coefficient (Wildman–Crippen LogP) is 4.09. The maximum atomic E-state index is 13.4. The molecule has 2 aromatic carbocycles. The first-order valence-corrected chi connectivity index (χ1v) is 18.5. The molecular formula is C39H50N8O7. The summed E-state index contributed by atoms with van der Waals surface area (Å²) >= 11 is 0. The van der Waals surface area contributed by atoms with Crippen LogP contribution in [0.3, 0.4) is 0 Å². The number of fused-ring (bicyclic) bond motifs is 1. The molecule has 3 heterocycles. The first-order chi connectivity index (χ1) is 25.8. The molecular weight excluding hydrogens is 692 g/mol. The molecule has 2 aliphatic rings. The maximum absolute atomic E-state index is 13.4. The van der Waals surface area contributed by atoms with Crippen LogP contribution in [0.5, 0.6) is 0 Å². The number of nitrogens with one attached hydrogen (secondary N) is 4. The highest BCUT2D eigenvalue weighted by atomic mass is 16.5. The molecule has 0 spiro atoms. The number of rotatable bonds is 12. The van der Waals surface area contributed by atoms with E-state index in [4.69, 9.17) is 0 Å². The molecule has 54 heavy (non-hydrogen) atoms. The van der Waals surface area contributed by atoms with Gasteiger partial charge in [0.15, 0.2) is 0 Å². The minimum atomic E-state index is -0.812. The number of ether oxygens (including phenoxy) is 1. The van der Waals surface area contributed by atoms with Gasteiger partial charge in [-0.2, -0.15) is 0 Å². The zero-order valence-electron chi connectivity index (χ0n) is 31.7. The number of benzene rings is 2. The molecule has 15 nitrogen and oxygen atoms in total. The second-order valence-electron chi connectivity index (χ2n) is 14.4. The molecule has 2 fully saturated rings. The molecule has 3 aromatic rings. The predicted molar refractivity (Wildman–Crippen MR) is 203 cm³/mol. The SMILES string of the molecule is CCC(=O)N[C@H](C(=O)N1CCC[C@H]1C(=O)Nc1ncc2cc(-c3ccc(NC(=O)[C@@H]4CCCN4C(=O)[C@@H](NC(=O)OC)C(C)C)cc3)ccc2n1)C(C)C. The Kier molecular flexibility index (Phi) is 12.8. The summed E-state index contributed by atoms with van der Waals surface area (Å²) in [6.07, 6.45) is 3.54. The van der Waals surface area contributed by atoms with E-state index in [1.54, 1.807) is 30.2 Å². The fourth-order valence-corrected chi connectivity index (χ4v) is 6.89. The number of carbonyl (C=O) groups excluding carboxylic acids is 6. The molecule has 0 radical (unpaired) electrons. The highest BCUT2D eigenvalue weighted by molar-refractivity contribution is 6.00. The van der Waals surface area contributed by atoms with E-state index in [-0.39, 0.29) is 53.7 Å². The van der Waals surface area contributed by atoms with Gasteiger partial charge in [-0.15, -0.1) is 0 Å². The molecule has 0 saturated carbocycles. The second-order valence-corrected chi connectivity index (χ2v) is 14.4. The number of nitrogens with zero attached hydrogens (tertiary/aromatic N) is 4. The zero-order valence-corrected chi connectivity index (χ0v) is 31.7. The number of hydrogen-bond acceptors (Lipinski definition) is 9. The number of anilines is 2. The van der Waals surface area contributed by atoms with Crippen LogP contribution in [0.2, 0.25) is 0 Å². The molecule has 0 bridgehead atoms. The van der Waals surface area contributed by atoms with Gasteiger partial charge in [-0.25, -0.2) is 14.8 Å². The normalized spacial score (nSPS) is 18.0. The van der Waals surface area contributed by atoms with E-state index < -0.39 is 30.3 Å². The molecule has 6 amide bonds. The van der Waals surface area contributed by atoms with Crippen molar-refractivity contribution in [3.8, 4) is 11.1 Å². The van der Waals surface area contributed by atoms with Gasteiger partial charge in [0, 0.05) is 36.8 Å². The highest BCUT2D eigenvalue weighted by Crippen LogP contribution is 2.27. The van der Waals surface area contributed by atoms with E-state index in [2.05, 4.69) is 36.0 Å². The molecule has 288 valence electrons. The van der Waals surface area contributed by atoms with Gasteiger partial charge in [-0.1, -0.05) is 52.8 Å². The summed E-state index contributed by atoms with van der Waals surface area (Å²) in [7, 11) is 1.24. The van der Waals surface area contributed by atoms with Crippen molar-refractivity contribution in [2.75, 3.05) is 30.8 Å². The molecule has 0 unspecified atom stereocenters. The van der Waals surface area contributed by atoms with Crippen LogP contribution in [-0.4, -0.2) is 99.8 Å². The van der Waals surface area contributed by atoms with E-state index in [1.165, 1.54) is 12.0 Å². The van der Waals surface area contributed by atoms with Crippen LogP contribution in [0.4, 0.5) is 16.4 Å². The van der Waals surface area contributed by atoms with E-state index >= 15 is 0 Å². The lowest BCUT2D eigenvalue weighted by Gasteiger charge is -2.30. The first kappa shape index (κ1) is 39.6. The first-order valence-electron chi connectivity index (χ1n) is 18.5. The van der Waals surface area contributed by atoms with Crippen LogP contribution in [0.1, 0.15) is 66.7 Å². The van der Waals surface area contributed by atoms with Gasteiger partial charge < -0.3 is 30.5 Å². The van der Waals surface area contributed by atoms with Gasteiger partial charge in [-0.3, -0.25) is 29.3 Å². The van der Waals surface area contributed by atoms with E-state index in [9.17, 15) is 28.8 Å². The summed E-state index contributed by atoms with van der Waals surface area (Å²) in [6.45, 7) is 9.94. The van der Waals surface area contributed by atoms with Crippen molar-refractivity contribution in [1.82, 2.24) is 30.4 Å². The number of carbonyl (C=O) groups is 6. The quantitative estimate of drug-likeness (QED) is 0.212. The Bertz CT molecular complexity index is 1880. The molecule has 1 aromatic heterocycles. The average molecular weight is 743 g/mol. The number of methoxy groups -OCH3 is 1. The van der Waals surface area contributed by atoms with Crippen molar-refractivity contribution in [1.29, 1.82) is 0 Å². The van der Waals surface area contributed by atoms with Crippen LogP contribution in [-0.2, 0) is 28.7 Å². The van der Waals surface area contributed by atoms with Gasteiger partial charge in [0.25, 0.3) is 0 Å². The Morgan fingerprint density at radius 1 is 0.778 bits per heavy atom. The van der Waals surface area contributed by atoms with Gasteiger partial charge in [-0.05, 0) is 72.9 Å². The minimum absolute atomic E-state index is 0.126. The molecule has 4 N–H and O–H groups in total. The summed E-state index contributed by atoms with van der Waals surface area (Å²) in [5, 5.41) is 11.8. The zero-order chi connectivity index (χ0) is 39.1. The monoisotopic (exact) mass is 742 g/mol. The number of amides is 6. The lowest BCUT2D eigenvalue weighted by atomic mass is 10.0. The van der Waals surface area contributed by atoms with Crippen LogP contribution >= 0.6 is 0 Å². The average Bonchev–Trinajstić information content (AvgIpc) is 3.86. The lowest BCUT2D eigenvalue weighted by molar-refractivity contribution is -0.141. The Morgan fingerprint density at radius 3 is 1.89 bits per heavy atom. The van der Waals surface area contributed by atoms with E-state index in [0.717, 1.165) is 16.5 Å². The van der Waals surface area contributed by atoms with E-state index in [1.807, 2.05) is 58.0 Å². The van der Waals surface area contributed by atoms with Gasteiger partial charge >= 0.3 is 6.09 Å². The summed E-state index contributed by atoms with van der Waals surface area (Å²) in [5.41, 5.74) is 2.97. The summed E-state index contributed by atoms with van der Waals surface area (Å²) < 4.78 is 4.68. The Hall–Kier alpha value is -5.60. The second kappa shape index (κ2) is 17.5. The summed E-state index contributed by atoms with van der Waals surface area (Å²) in [5.74, 6) is -1.70. The van der Waals surface area contributed by atoms with Crippen molar-refractivity contribution >= 4 is 58.2 Å². The van der Waals surface area contributed by atoms with Crippen LogP contribution in [0.15, 0.2) is 48.7 Å². The molecule has 4 atom stereocenters. The maximum Gasteiger partial charge on any atom is 0.407 e. The third-order valence-corrected chi connectivity index (χ3v) is 9.94. The van der Waals surface area contributed by atoms with Crippen LogP contribution in [0, 0.1) is 11.8 Å². The van der Waals surface area contributed by atoms with Crippen molar-refractivity contribution in [2.45, 2.75) is 90.9 Å². The molecule has 0 aliphatic carbocycles. The van der Waals surface area contributed by atoms with Crippen molar-refractivity contribution in [3.05, 3.63) is 48.7 Å². The van der Waals surface area contributed by atoms with Crippen LogP contribution in [0.25, 0.3) is 22.0 Å². The molecule has 2 saturated heterocycles. The molecule has 15 heteroatoms. The van der Waals surface area contributed by atoms with Gasteiger partial charge in [0.1, 0.15) is 24.2 Å². The smallest absolute Gasteiger partial charge is 0.407 e. The standard InChI is InChI=1S/C39H50N8O7/c1-7-31(48)43-32(22(2)3)36(51)47-19-9-11-30(47)35(50)45-38-40-21-26-20-25(14-17-28(26)42-38)24-12-15-27(16-13-24)41-34(49)29-10-8-18-46(29)37(52)33(23(4)5)44-39(53)54-6/h12-17,20-23,29-30,32-33H,7-11,18-19H2,1-6H3,(H,41,49)(H,43,48)(H,44,53)(H,40,42,45,50)/t29-,30-,32-,33-/m0/s1. The largest absolute Gasteiger partial charge is 0.453 e. The summed E-state index contributed by atoms with van der Waals surface area (Å²) in [4.78, 5) is 89.4. The van der Waals surface area contributed by atoms with Crippen molar-refractivity contribution < 1.29 is 33.5 Å². The van der Waals surface area contributed by atoms with Crippen molar-refractivity contribution in [3.63, 3.8) is 0 Å². The Morgan fingerprint density at radius 2 is 1.33 bits per heavy atom. The van der Waals surface area contributed by atoms with Gasteiger partial charge in [0.2, 0.25) is 35.5 Å². The number of likely N-dealkylation sites (tertiary alicyclic amines) is 2. The van der Waals surface area contributed by atoms with Gasteiger partial charge in [0.05, 0.1) is 12.6 Å². The highest BCUT2D eigenvalue weighted by Gasteiger charge is 2.40. The van der Waals surface area contributed by atoms with Crippen LogP contribution < -0.4 is 21.3 Å². The molecule has 5 rings (SSSR count). The fraction of sp³-hybridized carbons (Fsp3) is 0.487.